The van der Waals surface area contributed by atoms with Crippen molar-refractivity contribution in [1.82, 2.24) is 0 Å². The molecule has 0 heterocycles. The molecule has 0 saturated heterocycles. The van der Waals surface area contributed by atoms with Crippen LogP contribution in [0.15, 0.2) is 23.8 Å². The maximum Gasteiger partial charge on any atom is 0.306 e. The summed E-state index contributed by atoms with van der Waals surface area (Å²) in [6.07, 6.45) is 6.83. The van der Waals surface area contributed by atoms with Gasteiger partial charge in [0.1, 0.15) is 0 Å². The predicted octanol–water partition coefficient (Wildman–Crippen LogP) is 4.24. The molecule has 0 bridgehead atoms. The zero-order valence-electron chi connectivity index (χ0n) is 21.8. The summed E-state index contributed by atoms with van der Waals surface area (Å²) in [6.45, 7) is 8.81. The van der Waals surface area contributed by atoms with Gasteiger partial charge in [0.25, 0.3) is 0 Å². The van der Waals surface area contributed by atoms with Crippen LogP contribution >= 0.6 is 15.9 Å². The van der Waals surface area contributed by atoms with Gasteiger partial charge in [0.2, 0.25) is 5.78 Å². The number of carbonyl (C=O) groups is 4. The smallest absolute Gasteiger partial charge is 0.306 e. The van der Waals surface area contributed by atoms with Crippen molar-refractivity contribution < 1.29 is 33.8 Å². The van der Waals surface area contributed by atoms with Gasteiger partial charge in [-0.15, -0.1) is 0 Å². The Bertz CT molecular complexity index is 1050. The molecule has 0 aromatic carbocycles. The average Bonchev–Trinajstić information content (AvgIpc) is 3.05. The maximum absolute atomic E-state index is 13.9. The first-order valence-electron chi connectivity index (χ1n) is 13.0. The second-order valence-electron chi connectivity index (χ2n) is 11.4. The molecule has 4 aliphatic rings. The number of alkyl halides is 1. The number of hydrogen-bond donors (Lipinski definition) is 1. The van der Waals surface area contributed by atoms with Crippen LogP contribution in [-0.4, -0.2) is 51.2 Å². The number of carbonyl (C=O) groups excluding carboxylic acids is 4. The molecule has 36 heavy (non-hydrogen) atoms. The van der Waals surface area contributed by atoms with Crippen LogP contribution in [0.4, 0.5) is 0 Å². The van der Waals surface area contributed by atoms with E-state index in [0.29, 0.717) is 12.8 Å². The lowest BCUT2D eigenvalue weighted by atomic mass is 9.46. The number of Topliss-reactive ketones (excluding diaryl/α,β-unsaturated/α-hetero) is 1. The topological polar surface area (TPSA) is 107 Å². The highest BCUT2D eigenvalue weighted by atomic mass is 79.9. The summed E-state index contributed by atoms with van der Waals surface area (Å²) in [5.41, 5.74) is -1.94. The molecule has 3 fully saturated rings. The van der Waals surface area contributed by atoms with Crippen LogP contribution in [0.25, 0.3) is 0 Å². The Kier molecular flexibility index (Phi) is 6.95. The fourth-order valence-electron chi connectivity index (χ4n) is 8.01. The third kappa shape index (κ3) is 3.53. The zero-order valence-corrected chi connectivity index (χ0v) is 23.4. The molecule has 8 atom stereocenters. The van der Waals surface area contributed by atoms with E-state index >= 15 is 0 Å². The van der Waals surface area contributed by atoms with Gasteiger partial charge < -0.3 is 14.6 Å². The minimum absolute atomic E-state index is 0.0399. The van der Waals surface area contributed by atoms with E-state index in [0.717, 1.165) is 12.0 Å². The van der Waals surface area contributed by atoms with Gasteiger partial charge in [-0.3, -0.25) is 19.2 Å². The minimum Gasteiger partial charge on any atom is -0.457 e. The molecule has 1 N–H and O–H groups in total. The van der Waals surface area contributed by atoms with E-state index in [1.54, 1.807) is 26.0 Å². The van der Waals surface area contributed by atoms with E-state index in [-0.39, 0.29) is 42.8 Å². The molecule has 3 saturated carbocycles. The van der Waals surface area contributed by atoms with E-state index in [9.17, 15) is 24.3 Å². The third-order valence-corrected chi connectivity index (χ3v) is 11.8. The first kappa shape index (κ1) is 27.2. The second-order valence-corrected chi connectivity index (χ2v) is 12.7. The van der Waals surface area contributed by atoms with Crippen molar-refractivity contribution in [2.24, 2.45) is 28.6 Å². The van der Waals surface area contributed by atoms with Gasteiger partial charge in [0.05, 0.1) is 10.4 Å². The van der Waals surface area contributed by atoms with Crippen LogP contribution in [0.5, 0.6) is 0 Å². The summed E-state index contributed by atoms with van der Waals surface area (Å²) in [5, 5.41) is 11.9. The molecule has 0 unspecified atom stereocenters. The Hall–Kier alpha value is -1.80. The number of fused-ring (bicyclic) bond motifs is 5. The van der Waals surface area contributed by atoms with Crippen molar-refractivity contribution in [3.8, 4) is 0 Å². The number of hydrogen-bond acceptors (Lipinski definition) is 7. The van der Waals surface area contributed by atoms with E-state index < -0.39 is 51.2 Å². The van der Waals surface area contributed by atoms with Gasteiger partial charge in [0, 0.05) is 29.6 Å². The SMILES string of the molecule is CCC(=O)OCC(=O)[C@]1(OC(=O)CC)[C@@H](C)C[C@H]2[C@@H]3CCC4=CC(=O)C=C[C@]4(C)[C@@]3(Br)[C@@H](O)C[C@@]21C. The summed E-state index contributed by atoms with van der Waals surface area (Å²) >= 11 is 4.02. The lowest BCUT2D eigenvalue weighted by Crippen LogP contribution is -2.69. The van der Waals surface area contributed by atoms with Gasteiger partial charge in [0.15, 0.2) is 18.0 Å². The molecule has 0 aliphatic heterocycles. The number of ether oxygens (including phenoxy) is 2. The third-order valence-electron chi connectivity index (χ3n) is 9.81. The molecule has 4 aliphatic carbocycles. The quantitative estimate of drug-likeness (QED) is 0.379. The highest BCUT2D eigenvalue weighted by Crippen LogP contribution is 2.72. The van der Waals surface area contributed by atoms with Gasteiger partial charge in [-0.25, -0.2) is 0 Å². The number of allylic oxidation sites excluding steroid dienone is 4. The average molecular weight is 566 g/mol. The van der Waals surface area contributed by atoms with Crippen molar-refractivity contribution in [2.75, 3.05) is 6.61 Å². The normalized spacial score (nSPS) is 43.1. The van der Waals surface area contributed by atoms with E-state index in [1.165, 1.54) is 0 Å². The van der Waals surface area contributed by atoms with Crippen molar-refractivity contribution in [3.05, 3.63) is 23.8 Å². The number of ketones is 2. The molecular weight excluding hydrogens is 528 g/mol. The summed E-state index contributed by atoms with van der Waals surface area (Å²) in [4.78, 5) is 50.6. The fourth-order valence-corrected chi connectivity index (χ4v) is 9.10. The Labute approximate surface area is 221 Å². The second kappa shape index (κ2) is 9.19. The van der Waals surface area contributed by atoms with Gasteiger partial charge in [-0.05, 0) is 49.7 Å². The van der Waals surface area contributed by atoms with Crippen LogP contribution in [-0.2, 0) is 28.7 Å². The molecular formula is C28H37BrO7. The van der Waals surface area contributed by atoms with E-state index in [1.807, 2.05) is 19.9 Å². The number of rotatable bonds is 6. The van der Waals surface area contributed by atoms with Crippen molar-refractivity contribution in [2.45, 2.75) is 89.2 Å². The fraction of sp³-hybridized carbons (Fsp3) is 0.714. The predicted molar refractivity (Wildman–Crippen MR) is 136 cm³/mol. The number of aliphatic hydroxyl groups excluding tert-OH is 1. The standard InChI is InChI=1S/C28H37BrO7/c1-6-23(33)35-15-22(32)28(36-24(34)7-2)16(3)12-20-19-9-8-17-13-18(30)10-11-25(17,4)27(19,29)21(31)14-26(20,28)5/h10-11,13,16,19-21,31H,6-9,12,14-15H2,1-5H3/t16-,19-,20-,21-,25-,26-,27-,28+/m0/s1. The van der Waals surface area contributed by atoms with Crippen molar-refractivity contribution >= 4 is 39.4 Å². The van der Waals surface area contributed by atoms with Crippen LogP contribution in [0.2, 0.25) is 0 Å². The molecule has 8 heteroatoms. The molecule has 0 aromatic heterocycles. The molecule has 198 valence electrons. The lowest BCUT2D eigenvalue weighted by molar-refractivity contribution is -0.202. The summed E-state index contributed by atoms with van der Waals surface area (Å²) in [5.74, 6) is -1.86. The molecule has 0 aromatic rings. The van der Waals surface area contributed by atoms with Gasteiger partial charge in [-0.2, -0.15) is 0 Å². The highest BCUT2D eigenvalue weighted by Gasteiger charge is 2.76. The van der Waals surface area contributed by atoms with E-state index in [2.05, 4.69) is 22.9 Å². The Morgan fingerprint density at radius 1 is 1.14 bits per heavy atom. The largest absolute Gasteiger partial charge is 0.457 e. The molecule has 7 nitrogen and oxygen atoms in total. The summed E-state index contributed by atoms with van der Waals surface area (Å²) < 4.78 is 10.6. The summed E-state index contributed by atoms with van der Waals surface area (Å²) in [6, 6.07) is 0. The van der Waals surface area contributed by atoms with Crippen LogP contribution < -0.4 is 0 Å². The van der Waals surface area contributed by atoms with Crippen LogP contribution in [0, 0.1) is 28.6 Å². The molecule has 4 rings (SSSR count). The van der Waals surface area contributed by atoms with Crippen molar-refractivity contribution in [3.63, 3.8) is 0 Å². The molecule has 0 amide bonds. The number of aliphatic hydroxyl groups is 1. The Morgan fingerprint density at radius 2 is 1.81 bits per heavy atom. The van der Waals surface area contributed by atoms with Gasteiger partial charge >= 0.3 is 11.9 Å². The molecule has 0 radical (unpaired) electrons. The minimum atomic E-state index is -1.51. The monoisotopic (exact) mass is 564 g/mol. The van der Waals surface area contributed by atoms with E-state index in [4.69, 9.17) is 9.47 Å². The Balaban J connectivity index is 1.80. The molecule has 0 spiro atoms. The maximum atomic E-state index is 13.9. The first-order chi connectivity index (χ1) is 16.8. The highest BCUT2D eigenvalue weighted by molar-refractivity contribution is 9.10. The number of esters is 2. The summed E-state index contributed by atoms with van der Waals surface area (Å²) in [7, 11) is 0. The zero-order chi connectivity index (χ0) is 26.7. The first-order valence-corrected chi connectivity index (χ1v) is 13.8. The lowest BCUT2D eigenvalue weighted by Gasteiger charge is -2.64. The number of halogens is 1. The van der Waals surface area contributed by atoms with Crippen LogP contribution in [0.3, 0.4) is 0 Å². The Morgan fingerprint density at radius 3 is 2.44 bits per heavy atom. The van der Waals surface area contributed by atoms with Crippen LogP contribution in [0.1, 0.15) is 73.1 Å². The van der Waals surface area contributed by atoms with Crippen molar-refractivity contribution in [1.29, 1.82) is 0 Å². The van der Waals surface area contributed by atoms with Gasteiger partial charge in [-0.1, -0.05) is 62.2 Å².